The lowest BCUT2D eigenvalue weighted by Crippen LogP contribution is -2.59. The molecule has 0 unspecified atom stereocenters. The van der Waals surface area contributed by atoms with Crippen LogP contribution >= 0.6 is 0 Å². The maximum atomic E-state index is 14.4. The quantitative estimate of drug-likeness (QED) is 0.235. The third-order valence-corrected chi connectivity index (χ3v) is 5.12. The lowest BCUT2D eigenvalue weighted by atomic mass is 9.87. The first-order valence-electron chi connectivity index (χ1n) is 8.55. The van der Waals surface area contributed by atoms with Gasteiger partial charge in [0.05, 0.1) is 0 Å². The minimum atomic E-state index is -7.06. The highest BCUT2D eigenvalue weighted by Crippen LogP contribution is 2.57. The summed E-state index contributed by atoms with van der Waals surface area (Å²) in [5.74, 6) is -22.1. The van der Waals surface area contributed by atoms with Crippen molar-refractivity contribution in [2.24, 2.45) is 0 Å². The normalized spacial score (nSPS) is 15.4. The number of imide groups is 1. The van der Waals surface area contributed by atoms with Crippen molar-refractivity contribution in [2.75, 3.05) is 0 Å². The fraction of sp³-hybridized carbons (Fsp3) is 0.294. The van der Waals surface area contributed by atoms with Crippen LogP contribution in [0.4, 0.5) is 52.7 Å². The number of carbonyl (C=O) groups excluding carboxylic acids is 2. The van der Waals surface area contributed by atoms with E-state index in [-0.39, 0.29) is 6.07 Å². The predicted octanol–water partition coefficient (Wildman–Crippen LogP) is 5.04. The van der Waals surface area contributed by atoms with E-state index in [2.05, 4.69) is 0 Å². The Kier molecular flexibility index (Phi) is 6.88. The van der Waals surface area contributed by atoms with Gasteiger partial charge in [-0.2, -0.15) is 61.1 Å². The van der Waals surface area contributed by atoms with E-state index < -0.39 is 78.8 Å². The largest absolute Gasteiger partial charge is 0.522 e. The standard InChI is InChI=1S/C16H6F9NO2.CHF3O3S/c17-13(18,14(19,20)15(21,22)16(23,24)25)9-5-4-8-10-6(9)2-1-3-7(10)11(27)26-12(8)28;2-1(3,4)8(5,6)7/h1-5H,(H,26,27,28);(H,5,6,7). The van der Waals surface area contributed by atoms with Crippen molar-refractivity contribution in [2.45, 2.75) is 29.5 Å². The van der Waals surface area contributed by atoms with Gasteiger partial charge < -0.3 is 0 Å². The van der Waals surface area contributed by atoms with Gasteiger partial charge in [-0.1, -0.05) is 18.2 Å². The van der Waals surface area contributed by atoms with Crippen LogP contribution in [-0.4, -0.2) is 48.3 Å². The number of carbonyl (C=O) groups is 2. The van der Waals surface area contributed by atoms with E-state index in [1.165, 1.54) is 0 Å². The minimum absolute atomic E-state index is 0.150. The Morgan fingerprint density at radius 1 is 0.694 bits per heavy atom. The van der Waals surface area contributed by atoms with Gasteiger partial charge in [-0.25, -0.2) is 0 Å². The molecular weight excluding hydrogens is 558 g/mol. The van der Waals surface area contributed by atoms with Crippen LogP contribution in [0.25, 0.3) is 10.8 Å². The number of hydrogen-bond acceptors (Lipinski definition) is 4. The fourth-order valence-corrected chi connectivity index (χ4v) is 2.84. The molecule has 1 aliphatic rings. The van der Waals surface area contributed by atoms with E-state index >= 15 is 0 Å². The second-order valence-electron chi connectivity index (χ2n) is 6.81. The molecule has 1 heterocycles. The summed E-state index contributed by atoms with van der Waals surface area (Å²) in [6.07, 6.45) is -6.96. The van der Waals surface area contributed by atoms with Gasteiger partial charge in [0.2, 0.25) is 0 Å². The Morgan fingerprint density at radius 2 is 1.14 bits per heavy atom. The van der Waals surface area contributed by atoms with E-state index in [0.717, 1.165) is 12.1 Å². The number of halogens is 12. The summed E-state index contributed by atoms with van der Waals surface area (Å²) in [6, 6.07) is 3.36. The van der Waals surface area contributed by atoms with Crippen molar-refractivity contribution in [1.82, 2.24) is 5.32 Å². The molecule has 0 spiro atoms. The molecule has 19 heteroatoms. The summed E-state index contributed by atoms with van der Waals surface area (Å²) in [7, 11) is -5.84. The Bertz CT molecular complexity index is 1310. The Labute approximate surface area is 190 Å². The summed E-state index contributed by atoms with van der Waals surface area (Å²) >= 11 is 0. The lowest BCUT2D eigenvalue weighted by Gasteiger charge is -2.34. The maximum absolute atomic E-state index is 14.4. The highest BCUT2D eigenvalue weighted by atomic mass is 32.2. The molecule has 0 radical (unpaired) electrons. The number of benzene rings is 2. The van der Waals surface area contributed by atoms with Gasteiger partial charge in [-0.3, -0.25) is 19.5 Å². The van der Waals surface area contributed by atoms with Crippen molar-refractivity contribution in [3.63, 3.8) is 0 Å². The molecule has 0 bridgehead atoms. The van der Waals surface area contributed by atoms with Crippen LogP contribution in [0, 0.1) is 0 Å². The number of alkyl halides is 12. The van der Waals surface area contributed by atoms with Gasteiger partial charge in [0.25, 0.3) is 11.8 Å². The van der Waals surface area contributed by atoms with Crippen molar-refractivity contribution in [3.05, 3.63) is 47.0 Å². The molecule has 0 fully saturated rings. The average molecular weight is 565 g/mol. The molecule has 0 saturated carbocycles. The van der Waals surface area contributed by atoms with Crippen molar-refractivity contribution >= 4 is 32.7 Å². The van der Waals surface area contributed by atoms with Gasteiger partial charge in [-0.05, 0) is 17.5 Å². The molecule has 6 nitrogen and oxygen atoms in total. The molecule has 2 N–H and O–H groups in total. The fourth-order valence-electron chi connectivity index (χ4n) is 2.84. The van der Waals surface area contributed by atoms with Crippen LogP contribution < -0.4 is 5.32 Å². The van der Waals surface area contributed by atoms with Crippen molar-refractivity contribution < 1.29 is 75.2 Å². The molecular formula is C17H7F12NO5S. The number of rotatable bonds is 3. The minimum Gasteiger partial charge on any atom is -0.288 e. The van der Waals surface area contributed by atoms with Crippen molar-refractivity contribution in [3.8, 4) is 0 Å². The van der Waals surface area contributed by atoms with Crippen LogP contribution in [0.5, 0.6) is 0 Å². The van der Waals surface area contributed by atoms with E-state index in [1.54, 1.807) is 0 Å². The SMILES string of the molecule is O=C1NC(=O)c2ccc(C(F)(F)C(F)(F)C(F)(F)C(F)(F)F)c3cccc1c23.O=S(=O)(O)C(F)(F)F. The molecule has 1 aliphatic heterocycles. The van der Waals surface area contributed by atoms with Crippen LogP contribution in [0.2, 0.25) is 0 Å². The lowest BCUT2D eigenvalue weighted by molar-refractivity contribution is -0.399. The Morgan fingerprint density at radius 3 is 1.56 bits per heavy atom. The van der Waals surface area contributed by atoms with Crippen LogP contribution in [0.15, 0.2) is 30.3 Å². The number of hydrogen-bond donors (Lipinski definition) is 2. The maximum Gasteiger partial charge on any atom is 0.522 e. The summed E-state index contributed by atoms with van der Waals surface area (Å²) in [6.45, 7) is 0. The second kappa shape index (κ2) is 8.49. The first-order valence-corrected chi connectivity index (χ1v) is 9.99. The Hall–Kier alpha value is -3.09. The molecule has 0 saturated heterocycles. The van der Waals surface area contributed by atoms with Crippen molar-refractivity contribution in [1.29, 1.82) is 0 Å². The molecule has 0 aromatic heterocycles. The predicted molar refractivity (Wildman–Crippen MR) is 93.2 cm³/mol. The highest BCUT2D eigenvalue weighted by Gasteiger charge is 2.82. The summed E-state index contributed by atoms with van der Waals surface area (Å²) in [4.78, 5) is 23.6. The molecule has 2 amide bonds. The highest BCUT2D eigenvalue weighted by molar-refractivity contribution is 7.86. The van der Waals surface area contributed by atoms with Gasteiger partial charge in [0.1, 0.15) is 0 Å². The molecule has 200 valence electrons. The zero-order valence-electron chi connectivity index (χ0n) is 16.4. The molecule has 0 atom stereocenters. The van der Waals surface area contributed by atoms with Gasteiger partial charge in [0, 0.05) is 22.1 Å². The third-order valence-electron chi connectivity index (χ3n) is 4.53. The smallest absolute Gasteiger partial charge is 0.288 e. The summed E-state index contributed by atoms with van der Waals surface area (Å²) in [5, 5.41) is 0.360. The van der Waals surface area contributed by atoms with E-state index in [9.17, 15) is 62.3 Å². The van der Waals surface area contributed by atoms with E-state index in [4.69, 9.17) is 13.0 Å². The van der Waals surface area contributed by atoms with E-state index in [0.29, 0.717) is 12.1 Å². The first-order chi connectivity index (χ1) is 15.9. The van der Waals surface area contributed by atoms with Crippen LogP contribution in [0.3, 0.4) is 0 Å². The zero-order valence-corrected chi connectivity index (χ0v) is 17.2. The molecule has 0 aliphatic carbocycles. The summed E-state index contributed by atoms with van der Waals surface area (Å²) < 4.78 is 177. The Balaban J connectivity index is 0.000000493. The van der Waals surface area contributed by atoms with E-state index in [1.807, 2.05) is 5.32 Å². The summed E-state index contributed by atoms with van der Waals surface area (Å²) in [5.41, 5.74) is -8.23. The average Bonchev–Trinajstić information content (AvgIpc) is 2.69. The first kappa shape index (κ1) is 29.1. The van der Waals surface area contributed by atoms with Crippen LogP contribution in [0.1, 0.15) is 26.3 Å². The topological polar surface area (TPSA) is 101 Å². The molecule has 3 rings (SSSR count). The number of nitrogens with one attached hydrogen (secondary N) is 1. The molecule has 2 aromatic rings. The van der Waals surface area contributed by atoms with Crippen LogP contribution in [-0.2, 0) is 16.0 Å². The van der Waals surface area contributed by atoms with Gasteiger partial charge in [0.15, 0.2) is 0 Å². The second-order valence-corrected chi connectivity index (χ2v) is 8.23. The monoisotopic (exact) mass is 565 g/mol. The van der Waals surface area contributed by atoms with Gasteiger partial charge >= 0.3 is 39.6 Å². The molecule has 36 heavy (non-hydrogen) atoms. The third kappa shape index (κ3) is 4.56. The van der Waals surface area contributed by atoms with Gasteiger partial charge in [-0.15, -0.1) is 0 Å². The number of amides is 2. The molecule has 2 aromatic carbocycles. The zero-order chi connectivity index (χ0) is 28.3.